The third-order valence-corrected chi connectivity index (χ3v) is 4.32. The van der Waals surface area contributed by atoms with Crippen molar-refractivity contribution < 1.29 is 18.7 Å². The number of amides is 1. The molecule has 1 amide bonds. The molecule has 0 saturated carbocycles. The van der Waals surface area contributed by atoms with Crippen molar-refractivity contribution >= 4 is 24.0 Å². The molecule has 0 aliphatic carbocycles. The molecule has 2 aromatic rings. The summed E-state index contributed by atoms with van der Waals surface area (Å²) in [5.41, 5.74) is 2.51. The summed E-state index contributed by atoms with van der Waals surface area (Å²) in [7, 11) is 3.10. The molecule has 0 bridgehead atoms. The van der Waals surface area contributed by atoms with Crippen molar-refractivity contribution in [3.05, 3.63) is 52.8 Å². The number of anilines is 1. The highest BCUT2D eigenvalue weighted by Crippen LogP contribution is 2.27. The average Bonchev–Trinajstić information content (AvgIpc) is 2.64. The molecular weight excluding hydrogens is 359 g/mol. The number of hydrogen-bond donors (Lipinski definition) is 2. The number of ether oxygens (including phenoxy) is 2. The third-order valence-electron chi connectivity index (χ3n) is 4.32. The van der Waals surface area contributed by atoms with Crippen molar-refractivity contribution in [2.45, 2.75) is 19.4 Å². The van der Waals surface area contributed by atoms with Crippen LogP contribution in [0.3, 0.4) is 0 Å². The molecule has 26 heavy (non-hydrogen) atoms. The lowest BCUT2D eigenvalue weighted by molar-refractivity contribution is -0.115. The first-order valence-corrected chi connectivity index (χ1v) is 8.14. The van der Waals surface area contributed by atoms with Gasteiger partial charge >= 0.3 is 0 Å². The van der Waals surface area contributed by atoms with E-state index in [1.165, 1.54) is 0 Å². The van der Waals surface area contributed by atoms with Gasteiger partial charge in [0.15, 0.2) is 0 Å². The number of rotatable bonds is 5. The van der Waals surface area contributed by atoms with Crippen LogP contribution < -0.4 is 20.1 Å². The Balaban J connectivity index is 0.00000243. The highest BCUT2D eigenvalue weighted by atomic mass is 35.5. The van der Waals surface area contributed by atoms with Gasteiger partial charge in [0.2, 0.25) is 5.91 Å². The van der Waals surface area contributed by atoms with Crippen LogP contribution in [0.15, 0.2) is 30.3 Å². The van der Waals surface area contributed by atoms with Gasteiger partial charge in [-0.2, -0.15) is 0 Å². The second-order valence-corrected chi connectivity index (χ2v) is 5.89. The number of methoxy groups -OCH3 is 2. The largest absolute Gasteiger partial charge is 0.497 e. The predicted octanol–water partition coefficient (Wildman–Crippen LogP) is 3.09. The zero-order valence-electron chi connectivity index (χ0n) is 14.7. The summed E-state index contributed by atoms with van der Waals surface area (Å²) in [5, 5.41) is 5.87. The Bertz CT molecular complexity index is 799. The zero-order chi connectivity index (χ0) is 17.8. The minimum atomic E-state index is -0.343. The van der Waals surface area contributed by atoms with Gasteiger partial charge in [0.1, 0.15) is 17.3 Å². The van der Waals surface area contributed by atoms with Crippen LogP contribution in [0.1, 0.15) is 16.7 Å². The lowest BCUT2D eigenvalue weighted by atomic mass is 9.99. The Labute approximate surface area is 158 Å². The van der Waals surface area contributed by atoms with E-state index in [1.54, 1.807) is 38.5 Å². The summed E-state index contributed by atoms with van der Waals surface area (Å²) in [6.45, 7) is 1.39. The van der Waals surface area contributed by atoms with Crippen LogP contribution in [0, 0.1) is 5.82 Å². The highest BCUT2D eigenvalue weighted by molar-refractivity contribution is 5.93. The van der Waals surface area contributed by atoms with Gasteiger partial charge in [0.05, 0.1) is 26.3 Å². The smallest absolute Gasteiger partial charge is 0.229 e. The van der Waals surface area contributed by atoms with Crippen molar-refractivity contribution in [1.82, 2.24) is 5.32 Å². The van der Waals surface area contributed by atoms with Gasteiger partial charge in [-0.15, -0.1) is 12.4 Å². The normalized spacial score (nSPS) is 12.6. The van der Waals surface area contributed by atoms with E-state index >= 15 is 0 Å². The van der Waals surface area contributed by atoms with E-state index in [0.29, 0.717) is 35.6 Å². The molecule has 0 radical (unpaired) electrons. The Kier molecular flexibility index (Phi) is 6.83. The lowest BCUT2D eigenvalue weighted by Crippen LogP contribution is -2.25. The standard InChI is InChI=1S/C19H21FN2O3.ClH/c1-24-14-4-6-17(25-2)13(9-14)10-18(23)22-16-5-3-12-11-21-8-7-15(12)19(16)20;/h3-6,9,21H,7-8,10-11H2,1-2H3,(H,22,23);1H. The maximum absolute atomic E-state index is 14.6. The molecule has 0 saturated heterocycles. The van der Waals surface area contributed by atoms with Gasteiger partial charge in [-0.1, -0.05) is 6.07 Å². The second-order valence-electron chi connectivity index (χ2n) is 5.89. The number of hydrogen-bond acceptors (Lipinski definition) is 4. The van der Waals surface area contributed by atoms with Gasteiger partial charge in [0.25, 0.3) is 0 Å². The predicted molar refractivity (Wildman–Crippen MR) is 101 cm³/mol. The summed E-state index contributed by atoms with van der Waals surface area (Å²) in [5.74, 6) is 0.577. The van der Waals surface area contributed by atoms with Gasteiger partial charge in [-0.25, -0.2) is 4.39 Å². The Morgan fingerprint density at radius 2 is 2.04 bits per heavy atom. The van der Waals surface area contributed by atoms with Crippen molar-refractivity contribution in [2.24, 2.45) is 0 Å². The maximum Gasteiger partial charge on any atom is 0.229 e. The SMILES string of the molecule is COc1ccc(OC)c(CC(=O)Nc2ccc3c(c2F)CCNC3)c1.Cl. The van der Waals surface area contributed by atoms with Crippen molar-refractivity contribution in [2.75, 3.05) is 26.1 Å². The Hall–Kier alpha value is -2.31. The molecule has 140 valence electrons. The van der Waals surface area contributed by atoms with Gasteiger partial charge in [0, 0.05) is 12.1 Å². The summed E-state index contributed by atoms with van der Waals surface area (Å²) in [6, 6.07) is 8.72. The Morgan fingerprint density at radius 1 is 1.23 bits per heavy atom. The summed E-state index contributed by atoms with van der Waals surface area (Å²) in [4.78, 5) is 12.4. The van der Waals surface area contributed by atoms with Crippen LogP contribution in [-0.4, -0.2) is 26.7 Å². The third kappa shape index (κ3) is 4.26. The molecule has 0 unspecified atom stereocenters. The molecule has 2 N–H and O–H groups in total. The minimum Gasteiger partial charge on any atom is -0.497 e. The number of nitrogens with one attached hydrogen (secondary N) is 2. The molecular formula is C19H22ClFN2O3. The maximum atomic E-state index is 14.6. The number of carbonyl (C=O) groups excluding carboxylic acids is 1. The van der Waals surface area contributed by atoms with E-state index in [-0.39, 0.29) is 36.2 Å². The molecule has 1 aliphatic heterocycles. The van der Waals surface area contributed by atoms with Crippen LogP contribution in [0.25, 0.3) is 0 Å². The van der Waals surface area contributed by atoms with Crippen LogP contribution in [0.5, 0.6) is 11.5 Å². The van der Waals surface area contributed by atoms with E-state index in [0.717, 1.165) is 12.1 Å². The van der Waals surface area contributed by atoms with E-state index in [4.69, 9.17) is 9.47 Å². The van der Waals surface area contributed by atoms with Crippen LogP contribution >= 0.6 is 12.4 Å². The van der Waals surface area contributed by atoms with Gasteiger partial charge in [-0.05, 0) is 48.4 Å². The molecule has 0 atom stereocenters. The van der Waals surface area contributed by atoms with E-state index in [1.807, 2.05) is 6.07 Å². The molecule has 1 heterocycles. The van der Waals surface area contributed by atoms with Crippen LogP contribution in [-0.2, 0) is 24.2 Å². The molecule has 0 spiro atoms. The van der Waals surface area contributed by atoms with Crippen molar-refractivity contribution in [3.8, 4) is 11.5 Å². The van der Waals surface area contributed by atoms with Crippen LogP contribution in [0.2, 0.25) is 0 Å². The first kappa shape index (κ1) is 20.0. The monoisotopic (exact) mass is 380 g/mol. The second kappa shape index (κ2) is 8.87. The summed E-state index contributed by atoms with van der Waals surface area (Å²) >= 11 is 0. The first-order valence-electron chi connectivity index (χ1n) is 8.14. The highest BCUT2D eigenvalue weighted by Gasteiger charge is 2.18. The van der Waals surface area contributed by atoms with Crippen molar-refractivity contribution in [3.63, 3.8) is 0 Å². The number of benzene rings is 2. The van der Waals surface area contributed by atoms with E-state index in [9.17, 15) is 9.18 Å². The lowest BCUT2D eigenvalue weighted by Gasteiger charge is -2.19. The average molecular weight is 381 g/mol. The Morgan fingerprint density at radius 3 is 2.77 bits per heavy atom. The zero-order valence-corrected chi connectivity index (χ0v) is 15.5. The quantitative estimate of drug-likeness (QED) is 0.836. The molecule has 2 aromatic carbocycles. The first-order chi connectivity index (χ1) is 12.1. The number of carbonyl (C=O) groups is 1. The topological polar surface area (TPSA) is 59.6 Å². The van der Waals surface area contributed by atoms with Crippen molar-refractivity contribution in [1.29, 1.82) is 0 Å². The molecule has 0 fully saturated rings. The minimum absolute atomic E-state index is 0. The number of fused-ring (bicyclic) bond motifs is 1. The molecule has 7 heteroatoms. The van der Waals surface area contributed by atoms with E-state index in [2.05, 4.69) is 10.6 Å². The van der Waals surface area contributed by atoms with Gasteiger partial charge < -0.3 is 20.1 Å². The fraction of sp³-hybridized carbons (Fsp3) is 0.316. The van der Waals surface area contributed by atoms with Gasteiger partial charge in [-0.3, -0.25) is 4.79 Å². The molecule has 5 nitrogen and oxygen atoms in total. The fourth-order valence-corrected chi connectivity index (χ4v) is 3.02. The fourth-order valence-electron chi connectivity index (χ4n) is 3.02. The molecule has 1 aliphatic rings. The number of halogens is 2. The molecule has 0 aromatic heterocycles. The summed E-state index contributed by atoms with van der Waals surface area (Å²) in [6.07, 6.45) is 0.688. The summed E-state index contributed by atoms with van der Waals surface area (Å²) < 4.78 is 25.1. The van der Waals surface area contributed by atoms with E-state index < -0.39 is 0 Å². The molecule has 3 rings (SSSR count). The van der Waals surface area contributed by atoms with Crippen LogP contribution in [0.4, 0.5) is 10.1 Å².